The van der Waals surface area contributed by atoms with Crippen molar-refractivity contribution in [2.45, 2.75) is 38.5 Å². The molecule has 0 amide bonds. The van der Waals surface area contributed by atoms with Crippen molar-refractivity contribution < 1.29 is 0 Å². The van der Waals surface area contributed by atoms with Gasteiger partial charge < -0.3 is 18.9 Å². The first-order valence-electron chi connectivity index (χ1n) is 29.4. The molecule has 2 aromatic heterocycles. The number of benzene rings is 13. The van der Waals surface area contributed by atoms with Crippen LogP contribution in [0.5, 0.6) is 0 Å². The van der Waals surface area contributed by atoms with E-state index in [1.54, 1.807) is 0 Å². The van der Waals surface area contributed by atoms with Crippen LogP contribution in [-0.2, 0) is 10.8 Å². The van der Waals surface area contributed by atoms with Gasteiger partial charge in [-0.15, -0.1) is 0 Å². The van der Waals surface area contributed by atoms with Gasteiger partial charge in [-0.05, 0) is 142 Å². The van der Waals surface area contributed by atoms with E-state index in [1.807, 2.05) is 0 Å². The number of para-hydroxylation sites is 4. The highest BCUT2D eigenvalue weighted by Crippen LogP contribution is 2.54. The van der Waals surface area contributed by atoms with Crippen molar-refractivity contribution in [1.82, 2.24) is 9.13 Å². The van der Waals surface area contributed by atoms with Gasteiger partial charge in [-0.3, -0.25) is 0 Å². The van der Waals surface area contributed by atoms with Gasteiger partial charge in [0, 0.05) is 88.0 Å². The van der Waals surface area contributed by atoms with Gasteiger partial charge in [0.2, 0.25) is 0 Å². The molecule has 0 radical (unpaired) electrons. The summed E-state index contributed by atoms with van der Waals surface area (Å²) < 4.78 is 4.95. The van der Waals surface area contributed by atoms with Crippen molar-refractivity contribution in [1.29, 1.82) is 0 Å². The zero-order valence-electron chi connectivity index (χ0n) is 47.3. The number of nitrogens with zero attached hydrogens (tertiary/aromatic N) is 4. The predicted molar refractivity (Wildman–Crippen MR) is 355 cm³/mol. The average molecular weight is 1080 g/mol. The topological polar surface area (TPSA) is 16.3 Å². The molecule has 0 spiro atoms. The Kier molecular flexibility index (Phi) is 10.4. The standard InChI is InChI=1S/C80H58N4/c1-79(2)69-35-19-15-27-57(69)59-43-39-55(49-71(59)79)83-73-37-21-17-29-61(73)67-47-53(41-45-75(67)83)81(51-23-7-5-8-24-51)77-63-31-11-13-33-65(63)78(66-34-14-12-32-64(66)77)82(52-25-9-6-10-26-52)54-42-46-76-68(48-54)62-30-18-22-38-74(62)84(76)56-40-44-60-58-28-16-20-36-70(58)80(3,4)72(60)50-56/h5-50H,1-4H3. The summed E-state index contributed by atoms with van der Waals surface area (Å²) in [6.45, 7) is 9.47. The largest absolute Gasteiger partial charge is 0.309 e. The normalized spacial score (nSPS) is 13.7. The molecule has 0 unspecified atom stereocenters. The smallest absolute Gasteiger partial charge is 0.0619 e. The quantitative estimate of drug-likeness (QED) is 0.111. The second kappa shape index (κ2) is 18.0. The molecule has 0 atom stereocenters. The first-order valence-corrected chi connectivity index (χ1v) is 29.4. The molecule has 2 heterocycles. The van der Waals surface area contributed by atoms with E-state index >= 15 is 0 Å². The Bertz CT molecular complexity index is 4830. The molecule has 17 rings (SSSR count). The minimum absolute atomic E-state index is 0.117. The number of hydrogen-bond acceptors (Lipinski definition) is 2. The van der Waals surface area contributed by atoms with E-state index in [4.69, 9.17) is 0 Å². The molecular weight excluding hydrogens is 1020 g/mol. The van der Waals surface area contributed by atoms with E-state index in [-0.39, 0.29) is 10.8 Å². The minimum Gasteiger partial charge on any atom is -0.309 e. The third-order valence-corrected chi connectivity index (χ3v) is 18.8. The fraction of sp³-hybridized carbons (Fsp3) is 0.0750. The Hall–Kier alpha value is -10.4. The molecule has 0 bridgehead atoms. The summed E-state index contributed by atoms with van der Waals surface area (Å²) in [6, 6.07) is 104. The van der Waals surface area contributed by atoms with Crippen molar-refractivity contribution in [3.05, 3.63) is 301 Å². The van der Waals surface area contributed by atoms with Crippen molar-refractivity contribution in [3.63, 3.8) is 0 Å². The van der Waals surface area contributed by atoms with E-state index in [0.29, 0.717) is 0 Å². The monoisotopic (exact) mass is 1070 g/mol. The number of anilines is 6. The van der Waals surface area contributed by atoms with Crippen LogP contribution >= 0.6 is 0 Å². The highest BCUT2D eigenvalue weighted by atomic mass is 15.2. The summed E-state index contributed by atoms with van der Waals surface area (Å²) in [7, 11) is 0. The number of fused-ring (bicyclic) bond motifs is 14. The highest BCUT2D eigenvalue weighted by Gasteiger charge is 2.37. The van der Waals surface area contributed by atoms with Gasteiger partial charge in [0.05, 0.1) is 33.4 Å². The van der Waals surface area contributed by atoms with Gasteiger partial charge in [0.25, 0.3) is 0 Å². The molecule has 0 saturated carbocycles. The fourth-order valence-corrected chi connectivity index (χ4v) is 15.0. The summed E-state index contributed by atoms with van der Waals surface area (Å²) in [5, 5.41) is 9.45. The number of aromatic nitrogens is 2. The van der Waals surface area contributed by atoms with Gasteiger partial charge in [-0.2, -0.15) is 0 Å². The molecule has 2 aliphatic carbocycles. The second-order valence-corrected chi connectivity index (χ2v) is 24.0. The van der Waals surface area contributed by atoms with Gasteiger partial charge >= 0.3 is 0 Å². The van der Waals surface area contributed by atoms with Crippen molar-refractivity contribution in [3.8, 4) is 33.6 Å². The lowest BCUT2D eigenvalue weighted by Crippen LogP contribution is -2.15. The van der Waals surface area contributed by atoms with E-state index in [0.717, 1.165) is 55.7 Å². The van der Waals surface area contributed by atoms with Crippen molar-refractivity contribution >= 4 is 99.3 Å². The fourth-order valence-electron chi connectivity index (χ4n) is 15.0. The lowest BCUT2D eigenvalue weighted by molar-refractivity contribution is 0.660. The molecule has 398 valence electrons. The molecule has 84 heavy (non-hydrogen) atoms. The third-order valence-electron chi connectivity index (χ3n) is 18.8. The Balaban J connectivity index is 0.859. The Labute approximate surface area is 489 Å². The van der Waals surface area contributed by atoms with Crippen LogP contribution in [0.2, 0.25) is 0 Å². The summed E-state index contributed by atoms with van der Waals surface area (Å²) in [6.07, 6.45) is 0. The summed E-state index contributed by atoms with van der Waals surface area (Å²) in [5.74, 6) is 0. The zero-order chi connectivity index (χ0) is 56.0. The maximum atomic E-state index is 2.50. The molecule has 2 aliphatic rings. The molecule has 4 heteroatoms. The van der Waals surface area contributed by atoms with Crippen LogP contribution in [-0.4, -0.2) is 9.13 Å². The lowest BCUT2D eigenvalue weighted by atomic mass is 9.82. The van der Waals surface area contributed by atoms with Crippen LogP contribution in [0.25, 0.3) is 98.8 Å². The molecular formula is C80H58N4. The minimum atomic E-state index is -0.117. The summed E-state index contributed by atoms with van der Waals surface area (Å²) >= 11 is 0. The van der Waals surface area contributed by atoms with Gasteiger partial charge in [0.1, 0.15) is 0 Å². The predicted octanol–water partition coefficient (Wildman–Crippen LogP) is 21.7. The van der Waals surface area contributed by atoms with Crippen LogP contribution in [0.1, 0.15) is 49.9 Å². The Morgan fingerprint density at radius 1 is 0.238 bits per heavy atom. The first-order chi connectivity index (χ1) is 41.2. The first kappa shape index (κ1) is 48.3. The Morgan fingerprint density at radius 2 is 0.560 bits per heavy atom. The second-order valence-electron chi connectivity index (χ2n) is 24.0. The maximum absolute atomic E-state index is 2.50. The van der Waals surface area contributed by atoms with Gasteiger partial charge in [-0.25, -0.2) is 0 Å². The molecule has 15 aromatic rings. The van der Waals surface area contributed by atoms with Crippen LogP contribution in [0.3, 0.4) is 0 Å². The van der Waals surface area contributed by atoms with Crippen molar-refractivity contribution in [2.75, 3.05) is 9.80 Å². The number of rotatable bonds is 8. The molecule has 0 aliphatic heterocycles. The van der Waals surface area contributed by atoms with E-state index in [9.17, 15) is 0 Å². The van der Waals surface area contributed by atoms with E-state index in [2.05, 4.69) is 326 Å². The zero-order valence-corrected chi connectivity index (χ0v) is 47.3. The molecule has 4 nitrogen and oxygen atoms in total. The SMILES string of the molecule is CC1(C)c2ccccc2-c2ccc(-n3c4ccccc4c4cc(N(c5ccccc5)c5c6ccccc6c(N(c6ccccc6)c6ccc7c(c6)c6ccccc6n7-c6ccc7c(c6)C(C)(C)c6ccccc6-7)c6ccccc56)ccc43)cc21. The lowest BCUT2D eigenvalue weighted by Gasteiger charge is -2.33. The van der Waals surface area contributed by atoms with Crippen LogP contribution in [0, 0.1) is 0 Å². The molecule has 0 N–H and O–H groups in total. The van der Waals surface area contributed by atoms with Crippen LogP contribution in [0.15, 0.2) is 279 Å². The van der Waals surface area contributed by atoms with Gasteiger partial charge in [0.15, 0.2) is 0 Å². The van der Waals surface area contributed by atoms with E-state index < -0.39 is 0 Å². The third kappa shape index (κ3) is 6.88. The van der Waals surface area contributed by atoms with Crippen molar-refractivity contribution in [2.24, 2.45) is 0 Å². The van der Waals surface area contributed by atoms with Crippen LogP contribution in [0.4, 0.5) is 34.1 Å². The number of hydrogen-bond donors (Lipinski definition) is 0. The Morgan fingerprint density at radius 3 is 0.964 bits per heavy atom. The maximum Gasteiger partial charge on any atom is 0.0619 e. The molecule has 13 aromatic carbocycles. The highest BCUT2D eigenvalue weighted by molar-refractivity contribution is 6.24. The summed E-state index contributed by atoms with van der Waals surface area (Å²) in [4.78, 5) is 5.00. The van der Waals surface area contributed by atoms with Gasteiger partial charge in [-0.1, -0.05) is 210 Å². The van der Waals surface area contributed by atoms with E-state index in [1.165, 1.54) is 99.5 Å². The van der Waals surface area contributed by atoms with Crippen LogP contribution < -0.4 is 9.80 Å². The summed E-state index contributed by atoms with van der Waals surface area (Å²) in [5.41, 5.74) is 24.2. The average Bonchev–Trinajstić information content (AvgIpc) is 1.72. The molecule has 0 saturated heterocycles. The molecule has 0 fully saturated rings.